The van der Waals surface area contributed by atoms with Gasteiger partial charge in [-0.15, -0.1) is 0 Å². The van der Waals surface area contributed by atoms with Gasteiger partial charge in [0.15, 0.2) is 0 Å². The number of anilines is 2. The molecule has 1 atom stereocenters. The average Bonchev–Trinajstić information content (AvgIpc) is 2.78. The quantitative estimate of drug-likeness (QED) is 0.658. The largest absolute Gasteiger partial charge is 0.416 e. The van der Waals surface area contributed by atoms with Crippen molar-refractivity contribution in [3.8, 4) is 0 Å². The van der Waals surface area contributed by atoms with Crippen LogP contribution in [0.25, 0.3) is 6.08 Å². The van der Waals surface area contributed by atoms with E-state index in [9.17, 15) is 23.1 Å². The third-order valence-corrected chi connectivity index (χ3v) is 5.71. The number of aliphatic hydroxyl groups excluding tert-OH is 1. The number of hydrogen-bond acceptors (Lipinski definition) is 4. The van der Waals surface area contributed by atoms with Crippen molar-refractivity contribution < 1.29 is 23.1 Å². The van der Waals surface area contributed by atoms with Gasteiger partial charge in [-0.25, -0.2) is 4.79 Å². The van der Waals surface area contributed by atoms with Crippen LogP contribution in [-0.4, -0.2) is 54.9 Å². The maximum atomic E-state index is 12.7. The first kappa shape index (κ1) is 22.2. The van der Waals surface area contributed by atoms with Crippen LogP contribution in [-0.2, 0) is 12.7 Å². The molecule has 170 valence electrons. The van der Waals surface area contributed by atoms with Crippen LogP contribution in [0.2, 0.25) is 0 Å². The van der Waals surface area contributed by atoms with Crippen LogP contribution >= 0.6 is 0 Å². The number of benzene rings is 2. The van der Waals surface area contributed by atoms with E-state index in [1.807, 2.05) is 24.3 Å². The first-order valence-corrected chi connectivity index (χ1v) is 10.5. The van der Waals surface area contributed by atoms with Crippen LogP contribution in [0.15, 0.2) is 48.5 Å². The van der Waals surface area contributed by atoms with Crippen LogP contribution < -0.4 is 15.5 Å². The number of rotatable bonds is 5. The van der Waals surface area contributed by atoms with Crippen LogP contribution in [0, 0.1) is 0 Å². The molecule has 2 aliphatic heterocycles. The number of nitrogens with zero attached hydrogens (tertiary/aromatic N) is 2. The predicted octanol–water partition coefficient (Wildman–Crippen LogP) is 3.54. The SMILES string of the molecule is O=C1NCc2cc(/C=C/C(O)CN3CCN(c4ccc(C(F)(F)F)cc4)CC3)ccc2N1. The summed E-state index contributed by atoms with van der Waals surface area (Å²) in [6.07, 6.45) is -1.35. The molecule has 2 aliphatic rings. The molecule has 0 aliphatic carbocycles. The van der Waals surface area contributed by atoms with Crippen molar-refractivity contribution in [3.63, 3.8) is 0 Å². The van der Waals surface area contributed by atoms with E-state index in [4.69, 9.17) is 0 Å². The number of carbonyl (C=O) groups is 1. The number of amides is 2. The Kier molecular flexibility index (Phi) is 6.38. The van der Waals surface area contributed by atoms with E-state index in [2.05, 4.69) is 20.4 Å². The number of fused-ring (bicyclic) bond motifs is 1. The molecule has 3 N–H and O–H groups in total. The zero-order chi connectivity index (χ0) is 22.7. The molecule has 6 nitrogen and oxygen atoms in total. The van der Waals surface area contributed by atoms with E-state index in [0.717, 1.165) is 47.7 Å². The summed E-state index contributed by atoms with van der Waals surface area (Å²) in [6, 6.07) is 10.7. The molecule has 1 unspecified atom stereocenters. The molecule has 1 fully saturated rings. The van der Waals surface area contributed by atoms with E-state index in [1.165, 1.54) is 12.1 Å². The first-order valence-electron chi connectivity index (χ1n) is 10.5. The van der Waals surface area contributed by atoms with Gasteiger partial charge in [0, 0.05) is 50.6 Å². The fourth-order valence-corrected chi connectivity index (χ4v) is 3.92. The van der Waals surface area contributed by atoms with Crippen molar-refractivity contribution >= 4 is 23.5 Å². The third-order valence-electron chi connectivity index (χ3n) is 5.71. The number of carbonyl (C=O) groups excluding carboxylic acids is 1. The summed E-state index contributed by atoms with van der Waals surface area (Å²) in [5, 5.41) is 15.9. The number of alkyl halides is 3. The van der Waals surface area contributed by atoms with Crippen LogP contribution in [0.1, 0.15) is 16.7 Å². The molecule has 2 heterocycles. The Hall–Kier alpha value is -3.04. The maximum absolute atomic E-state index is 12.7. The molecule has 0 bridgehead atoms. The van der Waals surface area contributed by atoms with Gasteiger partial charge < -0.3 is 20.6 Å². The Labute approximate surface area is 184 Å². The molecule has 2 aromatic rings. The zero-order valence-electron chi connectivity index (χ0n) is 17.4. The summed E-state index contributed by atoms with van der Waals surface area (Å²) in [5.41, 5.74) is 2.84. The van der Waals surface area contributed by atoms with E-state index >= 15 is 0 Å². The first-order chi connectivity index (χ1) is 15.3. The van der Waals surface area contributed by atoms with Crippen molar-refractivity contribution in [1.82, 2.24) is 10.2 Å². The minimum Gasteiger partial charge on any atom is -0.388 e. The van der Waals surface area contributed by atoms with E-state index in [0.29, 0.717) is 26.2 Å². The molecule has 4 rings (SSSR count). The molecule has 0 saturated carbocycles. The van der Waals surface area contributed by atoms with E-state index in [1.54, 1.807) is 6.08 Å². The minimum atomic E-state index is -4.33. The van der Waals surface area contributed by atoms with Crippen molar-refractivity contribution in [2.24, 2.45) is 0 Å². The summed E-state index contributed by atoms with van der Waals surface area (Å²) in [6.45, 7) is 3.76. The lowest BCUT2D eigenvalue weighted by Gasteiger charge is -2.36. The number of β-amino-alcohol motifs (C(OH)–C–C–N with tert-alkyl or cyclic N) is 1. The predicted molar refractivity (Wildman–Crippen MR) is 117 cm³/mol. The highest BCUT2D eigenvalue weighted by atomic mass is 19.4. The fraction of sp³-hybridized carbons (Fsp3) is 0.348. The van der Waals surface area contributed by atoms with Crippen LogP contribution in [0.3, 0.4) is 0 Å². The number of halogens is 3. The average molecular weight is 446 g/mol. The summed E-state index contributed by atoms with van der Waals surface area (Å²) in [5.74, 6) is 0. The Bertz CT molecular complexity index is 984. The number of piperazine rings is 1. The fourth-order valence-electron chi connectivity index (χ4n) is 3.92. The van der Waals surface area contributed by atoms with Gasteiger partial charge in [-0.2, -0.15) is 13.2 Å². The molecule has 0 spiro atoms. The van der Waals surface area contributed by atoms with Gasteiger partial charge in [-0.05, 0) is 47.5 Å². The molecule has 0 radical (unpaired) electrons. The van der Waals surface area contributed by atoms with Gasteiger partial charge in [-0.1, -0.05) is 18.2 Å². The summed E-state index contributed by atoms with van der Waals surface area (Å²) < 4.78 is 38.2. The second kappa shape index (κ2) is 9.22. The normalized spacial score (nSPS) is 18.2. The lowest BCUT2D eigenvalue weighted by Crippen LogP contribution is -2.48. The monoisotopic (exact) mass is 446 g/mol. The van der Waals surface area contributed by atoms with E-state index < -0.39 is 17.8 Å². The molecule has 0 aromatic heterocycles. The maximum Gasteiger partial charge on any atom is 0.416 e. The lowest BCUT2D eigenvalue weighted by atomic mass is 10.1. The Morgan fingerprint density at radius 1 is 1.06 bits per heavy atom. The smallest absolute Gasteiger partial charge is 0.388 e. The van der Waals surface area contributed by atoms with Crippen LogP contribution in [0.5, 0.6) is 0 Å². The third kappa shape index (κ3) is 5.41. The van der Waals surface area contributed by atoms with E-state index in [-0.39, 0.29) is 6.03 Å². The highest BCUT2D eigenvalue weighted by Crippen LogP contribution is 2.30. The molecule has 1 saturated heterocycles. The summed E-state index contributed by atoms with van der Waals surface area (Å²) in [4.78, 5) is 15.5. The molecule has 2 amide bonds. The van der Waals surface area contributed by atoms with Crippen molar-refractivity contribution in [1.29, 1.82) is 0 Å². The van der Waals surface area contributed by atoms with Gasteiger partial charge in [0.1, 0.15) is 0 Å². The van der Waals surface area contributed by atoms with Gasteiger partial charge >= 0.3 is 12.2 Å². The molecule has 9 heteroatoms. The zero-order valence-corrected chi connectivity index (χ0v) is 17.4. The second-order valence-corrected chi connectivity index (χ2v) is 7.98. The molecule has 2 aromatic carbocycles. The minimum absolute atomic E-state index is 0.213. The van der Waals surface area contributed by atoms with Crippen LogP contribution in [0.4, 0.5) is 29.3 Å². The number of urea groups is 1. The molecular formula is C23H25F3N4O2. The number of nitrogens with one attached hydrogen (secondary N) is 2. The Morgan fingerprint density at radius 3 is 2.47 bits per heavy atom. The van der Waals surface area contributed by atoms with Crippen molar-refractivity contribution in [2.75, 3.05) is 42.9 Å². The van der Waals surface area contributed by atoms with Gasteiger partial charge in [0.05, 0.1) is 11.7 Å². The van der Waals surface area contributed by atoms with Crippen molar-refractivity contribution in [3.05, 3.63) is 65.2 Å². The van der Waals surface area contributed by atoms with Crippen molar-refractivity contribution in [2.45, 2.75) is 18.8 Å². The molecule has 32 heavy (non-hydrogen) atoms. The molecular weight excluding hydrogens is 421 g/mol. The second-order valence-electron chi connectivity index (χ2n) is 7.98. The van der Waals surface area contributed by atoms with Gasteiger partial charge in [0.25, 0.3) is 0 Å². The summed E-state index contributed by atoms with van der Waals surface area (Å²) in [7, 11) is 0. The highest BCUT2D eigenvalue weighted by Gasteiger charge is 2.30. The highest BCUT2D eigenvalue weighted by molar-refractivity contribution is 5.92. The Morgan fingerprint density at radius 2 is 1.78 bits per heavy atom. The number of hydrogen-bond donors (Lipinski definition) is 3. The standard InChI is InChI=1S/C23H25F3N4O2/c24-23(25,26)18-3-5-19(6-4-18)30-11-9-29(10-12-30)15-20(31)7-1-16-2-8-21-17(13-16)14-27-22(32)28-21/h1-8,13,20,31H,9-12,14-15H2,(H2,27,28,32)/b7-1+. The van der Waals surface area contributed by atoms with Gasteiger partial charge in [0.2, 0.25) is 0 Å². The lowest BCUT2D eigenvalue weighted by molar-refractivity contribution is -0.137. The topological polar surface area (TPSA) is 67.8 Å². The Balaban J connectivity index is 1.26. The number of aliphatic hydroxyl groups is 1. The van der Waals surface area contributed by atoms with Gasteiger partial charge in [-0.3, -0.25) is 4.90 Å². The summed E-state index contributed by atoms with van der Waals surface area (Å²) >= 11 is 0.